The van der Waals surface area contributed by atoms with Gasteiger partial charge in [-0.25, -0.2) is 4.79 Å². The first-order valence-electron chi connectivity index (χ1n) is 6.29. The lowest BCUT2D eigenvalue weighted by atomic mass is 9.95. The highest BCUT2D eigenvalue weighted by Gasteiger charge is 2.44. The Bertz CT molecular complexity index is 757. The molecule has 0 N–H and O–H groups in total. The summed E-state index contributed by atoms with van der Waals surface area (Å²) in [5.41, 5.74) is -3.76. The van der Waals surface area contributed by atoms with Gasteiger partial charge in [0, 0.05) is 5.56 Å². The molecule has 2 aromatic carbocycles. The van der Waals surface area contributed by atoms with Gasteiger partial charge in [0.05, 0.1) is 12.0 Å². The predicted octanol–water partition coefficient (Wildman–Crippen LogP) is 4.07. The quantitative estimate of drug-likeness (QED) is 0.484. The average Bonchev–Trinajstić information content (AvgIpc) is 2.52. The van der Waals surface area contributed by atoms with Gasteiger partial charge in [-0.3, -0.25) is 10.1 Å². The number of carbonyl (C=O) groups is 1. The second kappa shape index (κ2) is 6.07. The van der Waals surface area contributed by atoms with Gasteiger partial charge in [0.2, 0.25) is 0 Å². The molecular weight excluding hydrogens is 315 g/mol. The normalized spacial score (nSPS) is 11.1. The fraction of sp³-hybridized carbons (Fsp3) is 0.133. The van der Waals surface area contributed by atoms with Crippen molar-refractivity contribution in [2.75, 3.05) is 7.11 Å². The zero-order valence-corrected chi connectivity index (χ0v) is 11.8. The van der Waals surface area contributed by atoms with Crippen LogP contribution in [-0.2, 0) is 10.9 Å². The molecule has 0 atom stereocenters. The van der Waals surface area contributed by atoms with Crippen LogP contribution in [-0.4, -0.2) is 18.0 Å². The Morgan fingerprint density at radius 1 is 1.13 bits per heavy atom. The number of halogens is 3. The van der Waals surface area contributed by atoms with Crippen LogP contribution in [0.25, 0.3) is 11.1 Å². The van der Waals surface area contributed by atoms with E-state index in [4.69, 9.17) is 0 Å². The summed E-state index contributed by atoms with van der Waals surface area (Å²) in [6.45, 7) is 0. The van der Waals surface area contributed by atoms with Crippen LogP contribution in [0, 0.1) is 10.1 Å². The Hall–Kier alpha value is -2.90. The van der Waals surface area contributed by atoms with Crippen LogP contribution in [0.1, 0.15) is 15.9 Å². The van der Waals surface area contributed by atoms with Crippen molar-refractivity contribution >= 4 is 11.7 Å². The molecule has 0 fully saturated rings. The minimum atomic E-state index is -5.02. The molecule has 0 amide bonds. The second-order valence-electron chi connectivity index (χ2n) is 4.50. The van der Waals surface area contributed by atoms with Crippen molar-refractivity contribution < 1.29 is 27.6 Å². The topological polar surface area (TPSA) is 69.4 Å². The zero-order chi connectivity index (χ0) is 17.2. The fourth-order valence-electron chi connectivity index (χ4n) is 2.20. The molecule has 0 aromatic heterocycles. The maximum atomic E-state index is 13.4. The van der Waals surface area contributed by atoms with E-state index >= 15 is 0 Å². The van der Waals surface area contributed by atoms with E-state index in [1.165, 1.54) is 24.3 Å². The third-order valence-corrected chi connectivity index (χ3v) is 3.13. The molecule has 0 aliphatic carbocycles. The van der Waals surface area contributed by atoms with Crippen molar-refractivity contribution in [3.63, 3.8) is 0 Å². The van der Waals surface area contributed by atoms with Gasteiger partial charge in [0.15, 0.2) is 0 Å². The molecule has 23 heavy (non-hydrogen) atoms. The SMILES string of the molecule is COC(=O)c1ccc(-c2ccccc2)c(C(F)(F)F)c1[N+](=O)[O-]. The van der Waals surface area contributed by atoms with Crippen LogP contribution in [0.4, 0.5) is 18.9 Å². The number of nitrogens with zero attached hydrogens (tertiary/aromatic N) is 1. The summed E-state index contributed by atoms with van der Waals surface area (Å²) in [5, 5.41) is 11.2. The minimum absolute atomic E-state index is 0.152. The number of alkyl halides is 3. The highest BCUT2D eigenvalue weighted by atomic mass is 19.4. The maximum absolute atomic E-state index is 13.4. The molecule has 0 saturated carbocycles. The number of rotatable bonds is 3. The molecule has 8 heteroatoms. The van der Waals surface area contributed by atoms with Crippen LogP contribution in [0.15, 0.2) is 42.5 Å². The van der Waals surface area contributed by atoms with Gasteiger partial charge in [-0.15, -0.1) is 0 Å². The van der Waals surface area contributed by atoms with E-state index in [-0.39, 0.29) is 11.1 Å². The Balaban J connectivity index is 2.88. The van der Waals surface area contributed by atoms with E-state index in [0.29, 0.717) is 0 Å². The largest absolute Gasteiger partial charge is 0.465 e. The Kier molecular flexibility index (Phi) is 4.35. The molecule has 0 unspecified atom stereocenters. The Labute approximate surface area is 128 Å². The Morgan fingerprint density at radius 2 is 1.74 bits per heavy atom. The third kappa shape index (κ3) is 3.15. The number of hydrogen-bond acceptors (Lipinski definition) is 4. The Morgan fingerprint density at radius 3 is 2.22 bits per heavy atom. The standard InChI is InChI=1S/C15H10F3NO4/c1-23-14(20)11-8-7-10(9-5-3-2-4-6-9)12(15(16,17)18)13(11)19(21)22/h2-8H,1H3. The van der Waals surface area contributed by atoms with Crippen LogP contribution in [0.5, 0.6) is 0 Å². The maximum Gasteiger partial charge on any atom is 0.423 e. The van der Waals surface area contributed by atoms with Gasteiger partial charge in [0.25, 0.3) is 5.69 Å². The molecular formula is C15H10F3NO4. The van der Waals surface area contributed by atoms with Crippen LogP contribution in [0.2, 0.25) is 0 Å². The van der Waals surface area contributed by atoms with Crippen molar-refractivity contribution in [2.45, 2.75) is 6.18 Å². The number of nitro benzene ring substituents is 1. The smallest absolute Gasteiger partial charge is 0.423 e. The van der Waals surface area contributed by atoms with Crippen LogP contribution >= 0.6 is 0 Å². The van der Waals surface area contributed by atoms with E-state index in [1.54, 1.807) is 6.07 Å². The minimum Gasteiger partial charge on any atom is -0.465 e. The summed E-state index contributed by atoms with van der Waals surface area (Å²) in [6.07, 6.45) is -5.02. The van der Waals surface area contributed by atoms with Crippen molar-refractivity contribution in [1.82, 2.24) is 0 Å². The molecule has 0 spiro atoms. The fourth-order valence-corrected chi connectivity index (χ4v) is 2.20. The van der Waals surface area contributed by atoms with E-state index < -0.39 is 33.9 Å². The van der Waals surface area contributed by atoms with E-state index in [9.17, 15) is 28.1 Å². The van der Waals surface area contributed by atoms with Crippen LogP contribution < -0.4 is 0 Å². The van der Waals surface area contributed by atoms with E-state index in [2.05, 4.69) is 4.74 Å². The summed E-state index contributed by atoms with van der Waals surface area (Å²) in [6, 6.07) is 9.40. The number of benzene rings is 2. The average molecular weight is 325 g/mol. The summed E-state index contributed by atoms with van der Waals surface area (Å²) in [5.74, 6) is -1.21. The van der Waals surface area contributed by atoms with Gasteiger partial charge in [0.1, 0.15) is 11.1 Å². The number of ether oxygens (including phenoxy) is 1. The van der Waals surface area contributed by atoms with Crippen molar-refractivity contribution in [3.05, 3.63) is 63.7 Å². The van der Waals surface area contributed by atoms with Gasteiger partial charge in [-0.1, -0.05) is 36.4 Å². The number of nitro groups is 1. The lowest BCUT2D eigenvalue weighted by molar-refractivity contribution is -0.388. The number of carbonyl (C=O) groups excluding carboxylic acids is 1. The molecule has 0 aliphatic heterocycles. The van der Waals surface area contributed by atoms with Gasteiger partial charge < -0.3 is 4.74 Å². The summed E-state index contributed by atoms with van der Waals surface area (Å²) in [4.78, 5) is 21.5. The summed E-state index contributed by atoms with van der Waals surface area (Å²) < 4.78 is 44.7. The molecule has 2 rings (SSSR count). The molecule has 0 radical (unpaired) electrons. The molecule has 0 aliphatic rings. The predicted molar refractivity (Wildman–Crippen MR) is 74.9 cm³/mol. The van der Waals surface area contributed by atoms with Gasteiger partial charge >= 0.3 is 12.1 Å². The lowest BCUT2D eigenvalue weighted by Crippen LogP contribution is -2.15. The van der Waals surface area contributed by atoms with Crippen LogP contribution in [0.3, 0.4) is 0 Å². The molecule has 0 saturated heterocycles. The number of esters is 1. The highest BCUT2D eigenvalue weighted by Crippen LogP contribution is 2.44. The second-order valence-corrected chi connectivity index (χ2v) is 4.50. The monoisotopic (exact) mass is 325 g/mol. The molecule has 120 valence electrons. The first kappa shape index (κ1) is 16.5. The van der Waals surface area contributed by atoms with Crippen molar-refractivity contribution in [3.8, 4) is 11.1 Å². The third-order valence-electron chi connectivity index (χ3n) is 3.13. The lowest BCUT2D eigenvalue weighted by Gasteiger charge is -2.15. The number of methoxy groups -OCH3 is 1. The number of hydrogen-bond donors (Lipinski definition) is 0. The molecule has 0 bridgehead atoms. The summed E-state index contributed by atoms with van der Waals surface area (Å²) in [7, 11) is 0.935. The molecule has 0 heterocycles. The van der Waals surface area contributed by atoms with E-state index in [0.717, 1.165) is 19.2 Å². The van der Waals surface area contributed by atoms with Crippen molar-refractivity contribution in [2.24, 2.45) is 0 Å². The molecule has 5 nitrogen and oxygen atoms in total. The molecule has 2 aromatic rings. The highest BCUT2D eigenvalue weighted by molar-refractivity contribution is 5.96. The first-order chi connectivity index (χ1) is 10.8. The summed E-state index contributed by atoms with van der Waals surface area (Å²) >= 11 is 0. The van der Waals surface area contributed by atoms with Crippen molar-refractivity contribution in [1.29, 1.82) is 0 Å². The zero-order valence-electron chi connectivity index (χ0n) is 11.8. The van der Waals surface area contributed by atoms with E-state index in [1.807, 2.05) is 0 Å². The van der Waals surface area contributed by atoms with Gasteiger partial charge in [-0.05, 0) is 11.6 Å². The van der Waals surface area contributed by atoms with Gasteiger partial charge in [-0.2, -0.15) is 13.2 Å². The first-order valence-corrected chi connectivity index (χ1v) is 6.29.